The van der Waals surface area contributed by atoms with Gasteiger partial charge in [0.2, 0.25) is 0 Å². The van der Waals surface area contributed by atoms with Gasteiger partial charge in [0.1, 0.15) is 11.5 Å². The van der Waals surface area contributed by atoms with Crippen molar-refractivity contribution in [3.05, 3.63) is 17.2 Å². The highest BCUT2D eigenvalue weighted by molar-refractivity contribution is 5.93. The fourth-order valence-corrected chi connectivity index (χ4v) is 1.66. The molecule has 0 fully saturated rings. The normalized spacial score (nSPS) is 14.3. The summed E-state index contributed by atoms with van der Waals surface area (Å²) in [6, 6.07) is 0. The molecule has 1 heterocycles. The number of aryl methyl sites for hydroxylation is 2. The molecule has 1 amide bonds. The number of aromatic nitrogens is 2. The van der Waals surface area contributed by atoms with Crippen LogP contribution in [0, 0.1) is 13.8 Å². The fraction of sp³-hybridized carbons (Fsp3) is 0.636. The summed E-state index contributed by atoms with van der Waals surface area (Å²) in [5.74, 6) is -0.285. The monoisotopic (exact) mass is 279 g/mol. The highest BCUT2D eigenvalue weighted by Gasteiger charge is 2.48. The van der Waals surface area contributed by atoms with Crippen molar-refractivity contribution in [1.29, 1.82) is 0 Å². The largest absolute Gasteiger partial charge is 0.416 e. The number of hydrogen-bond donors (Lipinski definition) is 3. The molecular formula is C11H16F3N3O2. The molecule has 108 valence electrons. The summed E-state index contributed by atoms with van der Waals surface area (Å²) in [4.78, 5) is 18.5. The lowest BCUT2D eigenvalue weighted by atomic mass is 9.96. The van der Waals surface area contributed by atoms with Crippen LogP contribution in [-0.2, 0) is 0 Å². The predicted octanol–water partition coefficient (Wildman–Crippen LogP) is 1.46. The molecular weight excluding hydrogens is 263 g/mol. The van der Waals surface area contributed by atoms with Gasteiger partial charge in [0, 0.05) is 5.69 Å². The smallest absolute Gasteiger partial charge is 0.382 e. The average Bonchev–Trinajstić information content (AvgIpc) is 2.54. The number of aliphatic hydroxyl groups is 1. The zero-order chi connectivity index (χ0) is 15.0. The van der Waals surface area contributed by atoms with E-state index >= 15 is 0 Å². The van der Waals surface area contributed by atoms with Gasteiger partial charge in [-0.15, -0.1) is 0 Å². The number of amides is 1. The summed E-state index contributed by atoms with van der Waals surface area (Å²) in [7, 11) is 0. The molecule has 3 N–H and O–H groups in total. The lowest BCUT2D eigenvalue weighted by molar-refractivity contribution is -0.222. The molecule has 8 heteroatoms. The number of nitrogens with zero attached hydrogens (tertiary/aromatic N) is 1. The van der Waals surface area contributed by atoms with Crippen molar-refractivity contribution in [2.24, 2.45) is 0 Å². The number of hydrogen-bond acceptors (Lipinski definition) is 3. The molecule has 1 unspecified atom stereocenters. The van der Waals surface area contributed by atoms with Gasteiger partial charge in [-0.05, 0) is 27.7 Å². The summed E-state index contributed by atoms with van der Waals surface area (Å²) >= 11 is 0. The summed E-state index contributed by atoms with van der Waals surface area (Å²) in [5.41, 5.74) is -1.39. The van der Waals surface area contributed by atoms with Crippen LogP contribution in [0.1, 0.15) is 35.9 Å². The molecule has 0 aromatic carbocycles. The molecule has 0 radical (unpaired) electrons. The molecule has 0 aliphatic carbocycles. The van der Waals surface area contributed by atoms with Crippen LogP contribution in [0.3, 0.4) is 0 Å². The van der Waals surface area contributed by atoms with Crippen molar-refractivity contribution >= 4 is 5.91 Å². The Morgan fingerprint density at radius 2 is 1.89 bits per heavy atom. The Hall–Kier alpha value is -1.57. The minimum atomic E-state index is -4.81. The second-order valence-electron chi connectivity index (χ2n) is 4.92. The molecule has 0 spiro atoms. The molecule has 0 aliphatic heterocycles. The van der Waals surface area contributed by atoms with Crippen molar-refractivity contribution in [2.45, 2.75) is 45.5 Å². The number of H-pyrrole nitrogens is 1. The van der Waals surface area contributed by atoms with E-state index in [0.29, 0.717) is 11.5 Å². The number of imidazole rings is 1. The molecule has 19 heavy (non-hydrogen) atoms. The Bertz CT molecular complexity index is 480. The molecule has 0 saturated carbocycles. The van der Waals surface area contributed by atoms with Crippen LogP contribution < -0.4 is 5.32 Å². The van der Waals surface area contributed by atoms with Crippen LogP contribution in [0.2, 0.25) is 0 Å². The Balaban J connectivity index is 2.90. The van der Waals surface area contributed by atoms with Crippen molar-refractivity contribution in [2.75, 3.05) is 0 Å². The maximum Gasteiger partial charge on any atom is 0.416 e. The number of rotatable bonds is 3. The molecule has 5 nitrogen and oxygen atoms in total. The number of alkyl halides is 3. The third kappa shape index (κ3) is 3.46. The number of carbonyl (C=O) groups excluding carboxylic acids is 1. The molecule has 0 bridgehead atoms. The second-order valence-corrected chi connectivity index (χ2v) is 4.92. The van der Waals surface area contributed by atoms with Crippen LogP contribution >= 0.6 is 0 Å². The van der Waals surface area contributed by atoms with Crippen LogP contribution in [0.4, 0.5) is 13.2 Å². The maximum absolute atomic E-state index is 12.5. The number of aromatic amines is 1. The van der Waals surface area contributed by atoms with Gasteiger partial charge < -0.3 is 15.4 Å². The minimum absolute atomic E-state index is 0.0138. The number of halogens is 3. The molecule has 0 aliphatic rings. The number of aliphatic hydroxyl groups excluding tert-OH is 1. The van der Waals surface area contributed by atoms with Crippen LogP contribution in [0.25, 0.3) is 0 Å². The predicted molar refractivity (Wildman–Crippen MR) is 61.7 cm³/mol. The zero-order valence-corrected chi connectivity index (χ0v) is 11.0. The first kappa shape index (κ1) is 15.5. The summed E-state index contributed by atoms with van der Waals surface area (Å²) in [6.45, 7) is 5.40. The summed E-state index contributed by atoms with van der Waals surface area (Å²) in [6.07, 6.45) is -7.47. The van der Waals surface area contributed by atoms with E-state index in [9.17, 15) is 23.1 Å². The Labute approximate surface area is 108 Å². The Kier molecular flexibility index (Phi) is 3.94. The van der Waals surface area contributed by atoms with Gasteiger partial charge in [-0.25, -0.2) is 4.98 Å². The third-order valence-electron chi connectivity index (χ3n) is 2.65. The molecule has 0 saturated heterocycles. The fourth-order valence-electron chi connectivity index (χ4n) is 1.66. The van der Waals surface area contributed by atoms with Crippen LogP contribution in [0.5, 0.6) is 0 Å². The van der Waals surface area contributed by atoms with E-state index in [1.165, 1.54) is 0 Å². The first-order valence-electron chi connectivity index (χ1n) is 5.55. The van der Waals surface area contributed by atoms with E-state index in [1.807, 2.05) is 0 Å². The average molecular weight is 279 g/mol. The minimum Gasteiger partial charge on any atom is -0.382 e. The van der Waals surface area contributed by atoms with Crippen molar-refractivity contribution in [3.63, 3.8) is 0 Å². The van der Waals surface area contributed by atoms with E-state index in [-0.39, 0.29) is 5.69 Å². The quantitative estimate of drug-likeness (QED) is 0.783. The lowest BCUT2D eigenvalue weighted by Crippen LogP contribution is -2.57. The topological polar surface area (TPSA) is 78.0 Å². The highest BCUT2D eigenvalue weighted by atomic mass is 19.4. The lowest BCUT2D eigenvalue weighted by Gasteiger charge is -2.32. The Morgan fingerprint density at radius 1 is 1.37 bits per heavy atom. The maximum atomic E-state index is 12.5. The molecule has 1 aromatic rings. The van der Waals surface area contributed by atoms with E-state index in [0.717, 1.165) is 13.8 Å². The number of carbonyl (C=O) groups is 1. The molecule has 1 atom stereocenters. The van der Waals surface area contributed by atoms with Crippen molar-refractivity contribution in [3.8, 4) is 0 Å². The highest BCUT2D eigenvalue weighted by Crippen LogP contribution is 2.28. The van der Waals surface area contributed by atoms with Gasteiger partial charge in [0.15, 0.2) is 6.10 Å². The van der Waals surface area contributed by atoms with Gasteiger partial charge in [0.25, 0.3) is 5.91 Å². The number of nitrogens with one attached hydrogen (secondary N) is 2. The van der Waals surface area contributed by atoms with Crippen molar-refractivity contribution < 1.29 is 23.1 Å². The first-order valence-corrected chi connectivity index (χ1v) is 5.55. The molecule has 1 rings (SSSR count). The summed E-state index contributed by atoms with van der Waals surface area (Å²) in [5, 5.41) is 11.4. The van der Waals surface area contributed by atoms with Gasteiger partial charge in [-0.1, -0.05) is 0 Å². The Morgan fingerprint density at radius 3 is 2.26 bits per heavy atom. The van der Waals surface area contributed by atoms with E-state index in [4.69, 9.17) is 0 Å². The standard InChI is InChI=1S/C11H16F3N3O2/c1-5-7(16-6(2)15-5)8(18)17-10(3,4)9(19)11(12,13)14/h9,19H,1-4H3,(H,15,16)(H,17,18). The second kappa shape index (κ2) is 4.84. The van der Waals surface area contributed by atoms with Crippen LogP contribution in [-0.4, -0.2) is 38.8 Å². The van der Waals surface area contributed by atoms with Crippen LogP contribution in [0.15, 0.2) is 0 Å². The van der Waals surface area contributed by atoms with Crippen molar-refractivity contribution in [1.82, 2.24) is 15.3 Å². The van der Waals surface area contributed by atoms with Gasteiger partial charge in [0.05, 0.1) is 5.54 Å². The third-order valence-corrected chi connectivity index (χ3v) is 2.65. The molecule has 1 aromatic heterocycles. The van der Waals surface area contributed by atoms with E-state index in [1.54, 1.807) is 13.8 Å². The van der Waals surface area contributed by atoms with E-state index in [2.05, 4.69) is 15.3 Å². The summed E-state index contributed by atoms with van der Waals surface area (Å²) < 4.78 is 37.4. The first-order chi connectivity index (χ1) is 8.45. The van der Waals surface area contributed by atoms with E-state index < -0.39 is 23.7 Å². The zero-order valence-electron chi connectivity index (χ0n) is 11.0. The van der Waals surface area contributed by atoms with Gasteiger partial charge >= 0.3 is 6.18 Å². The SMILES string of the molecule is Cc1nc(C(=O)NC(C)(C)C(O)C(F)(F)F)c(C)[nH]1. The van der Waals surface area contributed by atoms with Gasteiger partial charge in [-0.2, -0.15) is 13.2 Å². The van der Waals surface area contributed by atoms with Gasteiger partial charge in [-0.3, -0.25) is 4.79 Å².